The first-order valence-corrected chi connectivity index (χ1v) is 8.92. The third-order valence-corrected chi connectivity index (χ3v) is 5.88. The van der Waals surface area contributed by atoms with Crippen molar-refractivity contribution in [3.05, 3.63) is 30.7 Å². The van der Waals surface area contributed by atoms with Crippen molar-refractivity contribution in [2.75, 3.05) is 26.2 Å². The monoisotopic (exact) mass is 329 g/mol. The summed E-state index contributed by atoms with van der Waals surface area (Å²) in [6, 6.07) is 1.93. The van der Waals surface area contributed by atoms with Gasteiger partial charge in [0.25, 0.3) is 0 Å². The maximum Gasteiger partial charge on any atom is 0.144 e. The van der Waals surface area contributed by atoms with Crippen LogP contribution in [0.3, 0.4) is 0 Å². The molecule has 2 saturated heterocycles. The highest BCUT2D eigenvalue weighted by Gasteiger charge is 2.56. The molecule has 128 valence electrons. The summed E-state index contributed by atoms with van der Waals surface area (Å²) in [5.41, 5.74) is 0.758. The molecular weight excluding hydrogens is 306 g/mol. The molecule has 3 fully saturated rings. The second-order valence-electron chi connectivity index (χ2n) is 7.02. The van der Waals surface area contributed by atoms with Crippen LogP contribution in [0.2, 0.25) is 0 Å². The normalized spacial score (nSPS) is 33.8. The summed E-state index contributed by atoms with van der Waals surface area (Å²) in [7, 11) is 0. The van der Waals surface area contributed by atoms with Crippen molar-refractivity contribution < 1.29 is 9.15 Å². The van der Waals surface area contributed by atoms with Crippen LogP contribution < -0.4 is 5.32 Å². The van der Waals surface area contributed by atoms with E-state index in [1.807, 2.05) is 10.7 Å². The third-order valence-electron chi connectivity index (χ3n) is 5.88. The van der Waals surface area contributed by atoms with Crippen LogP contribution in [0.1, 0.15) is 31.5 Å². The Labute approximate surface area is 141 Å². The number of hydrogen-bond acceptors (Lipinski definition) is 6. The van der Waals surface area contributed by atoms with Crippen molar-refractivity contribution in [2.45, 2.75) is 43.4 Å². The Morgan fingerprint density at radius 3 is 3.21 bits per heavy atom. The van der Waals surface area contributed by atoms with Gasteiger partial charge in [0.15, 0.2) is 0 Å². The first-order chi connectivity index (χ1) is 11.9. The number of aromatic nitrogens is 3. The lowest BCUT2D eigenvalue weighted by Gasteiger charge is -2.46. The zero-order valence-corrected chi connectivity index (χ0v) is 13.7. The summed E-state index contributed by atoms with van der Waals surface area (Å²) >= 11 is 0. The van der Waals surface area contributed by atoms with Crippen molar-refractivity contribution in [1.29, 1.82) is 0 Å². The predicted molar refractivity (Wildman–Crippen MR) is 86.9 cm³/mol. The molecule has 2 aliphatic heterocycles. The molecule has 3 atom stereocenters. The lowest BCUT2D eigenvalue weighted by atomic mass is 9.68. The van der Waals surface area contributed by atoms with Crippen LogP contribution in [-0.2, 0) is 10.2 Å². The second-order valence-corrected chi connectivity index (χ2v) is 7.02. The average Bonchev–Trinajstić information content (AvgIpc) is 3.35. The first kappa shape index (κ1) is 14.6. The van der Waals surface area contributed by atoms with Crippen molar-refractivity contribution in [2.24, 2.45) is 0 Å². The number of furan rings is 1. The number of rotatable bonds is 2. The van der Waals surface area contributed by atoms with E-state index in [0.29, 0.717) is 0 Å². The van der Waals surface area contributed by atoms with Crippen molar-refractivity contribution in [3.8, 4) is 5.69 Å². The molecule has 1 saturated carbocycles. The topological polar surface area (TPSA) is 68.3 Å². The number of nitrogens with zero attached hydrogens (tertiary/aromatic N) is 4. The summed E-state index contributed by atoms with van der Waals surface area (Å²) in [5.74, 6) is 1.000. The molecule has 5 rings (SSSR count). The molecular formula is C17H23N5O2. The van der Waals surface area contributed by atoms with E-state index in [1.165, 1.54) is 12.8 Å². The Hall–Kier alpha value is -1.70. The van der Waals surface area contributed by atoms with Crippen LogP contribution in [-0.4, -0.2) is 58.2 Å². The minimum absolute atomic E-state index is 0.168. The van der Waals surface area contributed by atoms with Crippen LogP contribution in [0.4, 0.5) is 0 Å². The zero-order chi connectivity index (χ0) is 16.0. The van der Waals surface area contributed by atoms with Gasteiger partial charge in [0.05, 0.1) is 30.6 Å². The molecule has 2 aromatic rings. The Bertz CT molecular complexity index is 700. The minimum atomic E-state index is -0.168. The minimum Gasteiger partial charge on any atom is -0.470 e. The Kier molecular flexibility index (Phi) is 3.46. The van der Waals surface area contributed by atoms with Gasteiger partial charge in [-0.3, -0.25) is 10.2 Å². The lowest BCUT2D eigenvalue weighted by Crippen LogP contribution is -2.59. The molecule has 4 heterocycles. The number of fused-ring (bicyclic) bond motifs is 3. The summed E-state index contributed by atoms with van der Waals surface area (Å²) in [6.07, 6.45) is 10.1. The SMILES string of the molecule is c1nc(C23CCCCC2OCCN2CCNC23)n(-c2ccoc2)n1. The summed E-state index contributed by atoms with van der Waals surface area (Å²) in [5, 5.41) is 8.25. The molecule has 0 spiro atoms. The summed E-state index contributed by atoms with van der Waals surface area (Å²) in [4.78, 5) is 7.26. The van der Waals surface area contributed by atoms with Gasteiger partial charge in [0.1, 0.15) is 24.1 Å². The molecule has 1 aliphatic carbocycles. The van der Waals surface area contributed by atoms with E-state index in [9.17, 15) is 0 Å². The van der Waals surface area contributed by atoms with Crippen LogP contribution in [0.15, 0.2) is 29.3 Å². The van der Waals surface area contributed by atoms with Crippen LogP contribution in [0.5, 0.6) is 0 Å². The fourth-order valence-electron chi connectivity index (χ4n) is 4.88. The second kappa shape index (κ2) is 5.68. The number of nitrogens with one attached hydrogen (secondary N) is 1. The van der Waals surface area contributed by atoms with E-state index in [1.54, 1.807) is 18.9 Å². The molecule has 1 N–H and O–H groups in total. The lowest BCUT2D eigenvalue weighted by molar-refractivity contribution is -0.0312. The molecule has 0 aromatic carbocycles. The van der Waals surface area contributed by atoms with Crippen LogP contribution >= 0.6 is 0 Å². The quantitative estimate of drug-likeness (QED) is 0.896. The van der Waals surface area contributed by atoms with Crippen molar-refractivity contribution in [1.82, 2.24) is 25.0 Å². The van der Waals surface area contributed by atoms with Gasteiger partial charge in [0.2, 0.25) is 0 Å². The van der Waals surface area contributed by atoms with Gasteiger partial charge in [-0.05, 0) is 12.8 Å². The van der Waals surface area contributed by atoms with Gasteiger partial charge in [0, 0.05) is 25.7 Å². The van der Waals surface area contributed by atoms with Gasteiger partial charge in [-0.25, -0.2) is 9.67 Å². The van der Waals surface area contributed by atoms with E-state index >= 15 is 0 Å². The molecule has 0 radical (unpaired) electrons. The summed E-state index contributed by atoms with van der Waals surface area (Å²) in [6.45, 7) is 3.88. The Morgan fingerprint density at radius 2 is 2.29 bits per heavy atom. The van der Waals surface area contributed by atoms with Gasteiger partial charge in [-0.1, -0.05) is 12.8 Å². The van der Waals surface area contributed by atoms with Crippen molar-refractivity contribution in [3.63, 3.8) is 0 Å². The smallest absolute Gasteiger partial charge is 0.144 e. The number of hydrogen-bond donors (Lipinski definition) is 1. The summed E-state index contributed by atoms with van der Waals surface area (Å²) < 4.78 is 13.6. The van der Waals surface area contributed by atoms with Crippen LogP contribution in [0.25, 0.3) is 5.69 Å². The highest BCUT2D eigenvalue weighted by atomic mass is 16.5. The molecule has 7 heteroatoms. The standard InChI is InChI=1S/C17H23N5O2/c1-2-5-17(16-19-12-20-22(16)13-4-9-23-11-13)14(3-1)24-10-8-21-7-6-18-15(17)21/h4,9,11-12,14-15,18H,1-3,5-8,10H2. The Morgan fingerprint density at radius 1 is 1.29 bits per heavy atom. The third kappa shape index (κ3) is 2.01. The average molecular weight is 329 g/mol. The van der Waals surface area contributed by atoms with Gasteiger partial charge in [-0.2, -0.15) is 5.10 Å². The Balaban J connectivity index is 1.68. The molecule has 3 unspecified atom stereocenters. The van der Waals surface area contributed by atoms with E-state index in [4.69, 9.17) is 14.1 Å². The molecule has 2 aromatic heterocycles. The van der Waals surface area contributed by atoms with Gasteiger partial charge < -0.3 is 9.15 Å². The van der Waals surface area contributed by atoms with E-state index in [0.717, 1.165) is 50.6 Å². The maximum atomic E-state index is 6.36. The van der Waals surface area contributed by atoms with Gasteiger partial charge >= 0.3 is 0 Å². The first-order valence-electron chi connectivity index (χ1n) is 8.92. The molecule has 3 aliphatic rings. The largest absolute Gasteiger partial charge is 0.470 e. The highest BCUT2D eigenvalue weighted by Crippen LogP contribution is 2.46. The van der Waals surface area contributed by atoms with E-state index < -0.39 is 0 Å². The van der Waals surface area contributed by atoms with Crippen molar-refractivity contribution >= 4 is 0 Å². The fourth-order valence-corrected chi connectivity index (χ4v) is 4.88. The van der Waals surface area contributed by atoms with Crippen LogP contribution in [0, 0.1) is 0 Å². The van der Waals surface area contributed by atoms with Gasteiger partial charge in [-0.15, -0.1) is 0 Å². The molecule has 0 amide bonds. The molecule has 24 heavy (non-hydrogen) atoms. The highest BCUT2D eigenvalue weighted by molar-refractivity contribution is 5.31. The number of ether oxygens (including phenoxy) is 1. The van der Waals surface area contributed by atoms with E-state index in [-0.39, 0.29) is 17.7 Å². The van der Waals surface area contributed by atoms with E-state index in [2.05, 4.69) is 15.3 Å². The molecule has 0 bridgehead atoms. The fraction of sp³-hybridized carbons (Fsp3) is 0.647. The predicted octanol–water partition coefficient (Wildman–Crippen LogP) is 1.30. The zero-order valence-electron chi connectivity index (χ0n) is 13.7. The maximum absolute atomic E-state index is 6.36. The molecule has 7 nitrogen and oxygen atoms in total.